The molecule has 2 aromatic rings. The molecule has 1 aliphatic carbocycles. The molecule has 3 N–H and O–H groups in total. The number of nitrogens with zero attached hydrogens (tertiary/aromatic N) is 5. The number of nitrogens with one attached hydrogen (secondary N) is 1. The average molecular weight is 603 g/mol. The lowest BCUT2D eigenvalue weighted by molar-refractivity contribution is -0.141. The Bertz CT molecular complexity index is 1450. The lowest BCUT2D eigenvalue weighted by Gasteiger charge is -2.38. The minimum Gasteiger partial charge on any atom is -0.481 e. The molecule has 4 atom stereocenters. The van der Waals surface area contributed by atoms with Gasteiger partial charge in [-0.1, -0.05) is 23.7 Å². The van der Waals surface area contributed by atoms with E-state index in [0.717, 1.165) is 0 Å². The number of rotatable bonds is 7. The molecule has 4 aliphatic rings. The van der Waals surface area contributed by atoms with Gasteiger partial charge in [0.25, 0.3) is 0 Å². The van der Waals surface area contributed by atoms with E-state index in [4.69, 9.17) is 11.6 Å². The van der Waals surface area contributed by atoms with Crippen molar-refractivity contribution < 1.29 is 29.0 Å². The van der Waals surface area contributed by atoms with Crippen LogP contribution in [-0.4, -0.2) is 98.5 Å². The molecule has 216 valence electrons. The summed E-state index contributed by atoms with van der Waals surface area (Å²) >= 11 is 7.64. The van der Waals surface area contributed by atoms with Crippen LogP contribution in [-0.2, 0) is 9.59 Å². The second-order valence-corrected chi connectivity index (χ2v) is 12.0. The highest BCUT2D eigenvalue weighted by Crippen LogP contribution is 2.38. The van der Waals surface area contributed by atoms with Crippen LogP contribution >= 0.6 is 22.9 Å². The number of hydrogen-bond donors (Lipinski definition) is 3. The van der Waals surface area contributed by atoms with Gasteiger partial charge in [-0.25, -0.2) is 19.0 Å². The lowest BCUT2D eigenvalue weighted by Crippen LogP contribution is -2.53. The van der Waals surface area contributed by atoms with Crippen LogP contribution in [0, 0.1) is 11.7 Å². The summed E-state index contributed by atoms with van der Waals surface area (Å²) in [5, 5.41) is 25.0. The van der Waals surface area contributed by atoms with E-state index in [1.54, 1.807) is 17.6 Å². The molecule has 0 radical (unpaired) electrons. The van der Waals surface area contributed by atoms with Gasteiger partial charge >= 0.3 is 18.0 Å². The van der Waals surface area contributed by atoms with E-state index in [-0.39, 0.29) is 40.8 Å². The molecule has 1 aromatic heterocycles. The molecule has 0 bridgehead atoms. The third-order valence-corrected chi connectivity index (χ3v) is 9.49. The van der Waals surface area contributed by atoms with Crippen molar-refractivity contribution in [3.8, 4) is 0 Å². The number of aliphatic carboxylic acids is 2. The van der Waals surface area contributed by atoms with Crippen molar-refractivity contribution in [2.24, 2.45) is 10.9 Å². The fourth-order valence-electron chi connectivity index (χ4n) is 6.31. The molecular weight excluding hydrogens is 575 g/mol. The van der Waals surface area contributed by atoms with Crippen LogP contribution in [0.25, 0.3) is 0 Å². The SMILES string of the molecule is O=C(O)C1=C(CN2CCN3C(=O)N([C@H]4CC[C@@H](C(=O)O)C4)C[C@@H]3C2)NC(c2nccs2)=N[C@H]1c1cccc(F)c1Cl. The lowest BCUT2D eigenvalue weighted by atomic mass is 9.95. The van der Waals surface area contributed by atoms with E-state index in [9.17, 15) is 29.0 Å². The zero-order chi connectivity index (χ0) is 28.8. The standard InChI is InChI=1S/C27H28ClFN6O5S/c28-21-17(2-1-3-18(21)29)22-20(26(38)39)19(31-23(32-22)24-30-6-9-41-24)13-33-7-8-34-16(11-33)12-35(27(34)40)15-5-4-14(10-15)25(36)37/h1-3,6,9,14-16,22H,4-5,7-8,10-13H2,(H,31,32)(H,36,37)(H,38,39)/t14-,15+,16+,22+/m1/s1. The number of amidine groups is 1. The molecule has 3 fully saturated rings. The Balaban J connectivity index is 1.25. The number of piperazine rings is 1. The number of thiazole rings is 1. The van der Waals surface area contributed by atoms with E-state index in [1.165, 1.54) is 23.5 Å². The van der Waals surface area contributed by atoms with E-state index >= 15 is 0 Å². The summed E-state index contributed by atoms with van der Waals surface area (Å²) in [6.07, 6.45) is 3.33. The predicted octanol–water partition coefficient (Wildman–Crippen LogP) is 3.04. The molecule has 41 heavy (non-hydrogen) atoms. The predicted molar refractivity (Wildman–Crippen MR) is 148 cm³/mol. The van der Waals surface area contributed by atoms with Crippen LogP contribution in [0.2, 0.25) is 5.02 Å². The maximum absolute atomic E-state index is 14.4. The summed E-state index contributed by atoms with van der Waals surface area (Å²) in [6, 6.07) is 2.95. The van der Waals surface area contributed by atoms with Crippen LogP contribution < -0.4 is 5.32 Å². The molecule has 0 spiro atoms. The van der Waals surface area contributed by atoms with Crippen LogP contribution in [0.4, 0.5) is 9.18 Å². The van der Waals surface area contributed by atoms with Gasteiger partial charge in [0, 0.05) is 61.6 Å². The first kappa shape index (κ1) is 27.6. The van der Waals surface area contributed by atoms with Gasteiger partial charge in [-0.15, -0.1) is 11.3 Å². The van der Waals surface area contributed by atoms with Crippen molar-refractivity contribution in [2.75, 3.05) is 32.7 Å². The number of urea groups is 1. The summed E-state index contributed by atoms with van der Waals surface area (Å²) in [7, 11) is 0. The largest absolute Gasteiger partial charge is 0.481 e. The van der Waals surface area contributed by atoms with Gasteiger partial charge in [-0.2, -0.15) is 0 Å². The van der Waals surface area contributed by atoms with Gasteiger partial charge < -0.3 is 25.3 Å². The van der Waals surface area contributed by atoms with Crippen molar-refractivity contribution in [1.29, 1.82) is 0 Å². The smallest absolute Gasteiger partial charge is 0.335 e. The van der Waals surface area contributed by atoms with Gasteiger partial charge in [-0.3, -0.25) is 14.7 Å². The first-order valence-corrected chi connectivity index (χ1v) is 14.6. The van der Waals surface area contributed by atoms with Crippen molar-refractivity contribution in [3.05, 3.63) is 62.5 Å². The number of benzene rings is 1. The second-order valence-electron chi connectivity index (χ2n) is 10.7. The Hall–Kier alpha value is -3.55. The summed E-state index contributed by atoms with van der Waals surface area (Å²) in [6.45, 7) is 2.24. The highest BCUT2D eigenvalue weighted by atomic mass is 35.5. The zero-order valence-electron chi connectivity index (χ0n) is 21.9. The Labute approximate surface area is 243 Å². The van der Waals surface area contributed by atoms with Gasteiger partial charge in [0.15, 0.2) is 10.8 Å². The van der Waals surface area contributed by atoms with Gasteiger partial charge in [0.2, 0.25) is 0 Å². The number of aliphatic imine (C=N–C) groups is 1. The van der Waals surface area contributed by atoms with Gasteiger partial charge in [-0.05, 0) is 25.3 Å². The normalized spacial score (nSPS) is 26.7. The molecule has 1 saturated carbocycles. The molecule has 3 aliphatic heterocycles. The minimum atomic E-state index is -1.20. The van der Waals surface area contributed by atoms with Gasteiger partial charge in [0.05, 0.1) is 22.6 Å². The number of hydrogen-bond acceptors (Lipinski definition) is 8. The zero-order valence-corrected chi connectivity index (χ0v) is 23.4. The topological polar surface area (TPSA) is 139 Å². The quantitative estimate of drug-likeness (QED) is 0.440. The molecule has 6 rings (SSSR count). The fraction of sp³-hybridized carbons (Fsp3) is 0.444. The van der Waals surface area contributed by atoms with Crippen molar-refractivity contribution in [2.45, 2.75) is 37.4 Å². The molecule has 11 nitrogen and oxygen atoms in total. The maximum Gasteiger partial charge on any atom is 0.335 e. The number of halogens is 2. The summed E-state index contributed by atoms with van der Waals surface area (Å²) in [5.41, 5.74) is 0.614. The monoisotopic (exact) mass is 602 g/mol. The fourth-order valence-corrected chi connectivity index (χ4v) is 7.13. The number of amides is 2. The second kappa shape index (κ2) is 11.0. The van der Waals surface area contributed by atoms with E-state index in [0.29, 0.717) is 62.0 Å². The third-order valence-electron chi connectivity index (χ3n) is 8.31. The van der Waals surface area contributed by atoms with Crippen LogP contribution in [0.5, 0.6) is 0 Å². The Morgan fingerprint density at radius 2 is 1.98 bits per heavy atom. The average Bonchev–Trinajstić information content (AvgIpc) is 3.70. The Morgan fingerprint density at radius 1 is 1.15 bits per heavy atom. The van der Waals surface area contributed by atoms with E-state index < -0.39 is 29.7 Å². The molecule has 0 unspecified atom stereocenters. The first-order valence-electron chi connectivity index (χ1n) is 13.4. The number of fused-ring (bicyclic) bond motifs is 1. The molecule has 4 heterocycles. The number of carbonyl (C=O) groups is 3. The molecule has 14 heteroatoms. The number of carbonyl (C=O) groups excluding carboxylic acids is 1. The highest BCUT2D eigenvalue weighted by molar-refractivity contribution is 7.11. The molecule has 2 amide bonds. The first-order chi connectivity index (χ1) is 19.7. The number of carboxylic acids is 2. The Kier molecular flexibility index (Phi) is 7.43. The van der Waals surface area contributed by atoms with Crippen molar-refractivity contribution in [3.63, 3.8) is 0 Å². The summed E-state index contributed by atoms with van der Waals surface area (Å²) in [5.74, 6) is -2.73. The van der Waals surface area contributed by atoms with Crippen LogP contribution in [0.1, 0.15) is 35.9 Å². The van der Waals surface area contributed by atoms with Crippen molar-refractivity contribution in [1.82, 2.24) is 25.0 Å². The summed E-state index contributed by atoms with van der Waals surface area (Å²) in [4.78, 5) is 52.0. The van der Waals surface area contributed by atoms with Crippen LogP contribution in [0.15, 0.2) is 46.0 Å². The van der Waals surface area contributed by atoms with Gasteiger partial charge in [0.1, 0.15) is 11.9 Å². The van der Waals surface area contributed by atoms with Crippen LogP contribution in [0.3, 0.4) is 0 Å². The number of carboxylic acid groups (broad SMARTS) is 2. The maximum atomic E-state index is 14.4. The number of aromatic nitrogens is 1. The molecular formula is C27H28ClFN6O5S. The van der Waals surface area contributed by atoms with E-state index in [2.05, 4.69) is 20.2 Å². The minimum absolute atomic E-state index is 0.0324. The molecule has 1 aromatic carbocycles. The molecule has 2 saturated heterocycles. The summed E-state index contributed by atoms with van der Waals surface area (Å²) < 4.78 is 14.4. The van der Waals surface area contributed by atoms with Crippen molar-refractivity contribution >= 4 is 46.7 Å². The van der Waals surface area contributed by atoms with E-state index in [1.807, 2.05) is 9.80 Å². The Morgan fingerprint density at radius 3 is 2.68 bits per heavy atom. The highest BCUT2D eigenvalue weighted by Gasteiger charge is 2.46. The third kappa shape index (κ3) is 5.17.